The number of pyridine rings is 2. The van der Waals surface area contributed by atoms with Crippen LogP contribution in [0.5, 0.6) is 0 Å². The molecule has 1 fully saturated rings. The second kappa shape index (κ2) is 9.82. The van der Waals surface area contributed by atoms with E-state index in [0.29, 0.717) is 23.4 Å². The number of aromatic nitrogens is 2. The first-order valence-corrected chi connectivity index (χ1v) is 10.6. The molecule has 0 radical (unpaired) electrons. The van der Waals surface area contributed by atoms with Gasteiger partial charge in [0.25, 0.3) is 0 Å². The van der Waals surface area contributed by atoms with Gasteiger partial charge >= 0.3 is 6.03 Å². The molecule has 0 aliphatic carbocycles. The van der Waals surface area contributed by atoms with E-state index in [-0.39, 0.29) is 11.4 Å². The standard InChI is InChI=1S/C24H25F2N5O/c1-2-17(25)15-31-13-10-16(11-14-31)20-7-4-8-22(28-20)30-24(32)29-21-9-12-27-23-18(21)5-3-6-19(23)26/h2-9,12,16-17H,1,10-11,13-15H2,(H2,27,28,29,30,32). The van der Waals surface area contributed by atoms with E-state index >= 15 is 0 Å². The number of benzene rings is 1. The fourth-order valence-corrected chi connectivity index (χ4v) is 4.00. The third-order valence-electron chi connectivity index (χ3n) is 5.68. The van der Waals surface area contributed by atoms with Gasteiger partial charge in [-0.2, -0.15) is 0 Å². The highest BCUT2D eigenvalue weighted by Crippen LogP contribution is 2.28. The van der Waals surface area contributed by atoms with Gasteiger partial charge in [-0.3, -0.25) is 10.3 Å². The number of carbonyl (C=O) groups excluding carboxylic acids is 1. The minimum atomic E-state index is -1.01. The molecule has 4 rings (SSSR count). The largest absolute Gasteiger partial charge is 0.324 e. The van der Waals surface area contributed by atoms with Gasteiger partial charge in [-0.1, -0.05) is 24.3 Å². The van der Waals surface area contributed by atoms with E-state index in [1.165, 1.54) is 18.3 Å². The molecular formula is C24H25F2N5O. The van der Waals surface area contributed by atoms with Crippen LogP contribution < -0.4 is 10.6 Å². The highest BCUT2D eigenvalue weighted by atomic mass is 19.1. The van der Waals surface area contributed by atoms with Gasteiger partial charge in [0.15, 0.2) is 0 Å². The van der Waals surface area contributed by atoms with Gasteiger partial charge in [-0.25, -0.2) is 18.6 Å². The molecule has 6 nitrogen and oxygen atoms in total. The number of likely N-dealkylation sites (tertiary alicyclic amines) is 1. The van der Waals surface area contributed by atoms with Gasteiger partial charge < -0.3 is 10.2 Å². The molecule has 3 aromatic rings. The maximum absolute atomic E-state index is 13.9. The van der Waals surface area contributed by atoms with Crippen molar-refractivity contribution in [3.63, 3.8) is 0 Å². The normalized spacial score (nSPS) is 15.9. The van der Waals surface area contributed by atoms with Crippen molar-refractivity contribution < 1.29 is 13.6 Å². The number of piperidine rings is 1. The smallest absolute Gasteiger partial charge is 0.307 e. The molecule has 1 saturated heterocycles. The minimum Gasteiger partial charge on any atom is -0.307 e. The number of amides is 2. The lowest BCUT2D eigenvalue weighted by Crippen LogP contribution is -2.36. The first kappa shape index (κ1) is 21.8. The first-order chi connectivity index (χ1) is 15.5. The lowest BCUT2D eigenvalue weighted by Gasteiger charge is -2.32. The number of urea groups is 1. The van der Waals surface area contributed by atoms with Crippen molar-refractivity contribution in [1.29, 1.82) is 0 Å². The van der Waals surface area contributed by atoms with E-state index in [0.717, 1.165) is 31.6 Å². The molecule has 1 aliphatic rings. The molecule has 0 bridgehead atoms. The molecule has 1 unspecified atom stereocenters. The van der Waals surface area contributed by atoms with Crippen LogP contribution in [0.25, 0.3) is 10.9 Å². The minimum absolute atomic E-state index is 0.198. The third kappa shape index (κ3) is 5.08. The second-order valence-corrected chi connectivity index (χ2v) is 7.85. The van der Waals surface area contributed by atoms with Crippen LogP contribution in [0, 0.1) is 5.82 Å². The highest BCUT2D eigenvalue weighted by Gasteiger charge is 2.23. The van der Waals surface area contributed by atoms with Gasteiger partial charge in [0.2, 0.25) is 0 Å². The van der Waals surface area contributed by atoms with Crippen LogP contribution in [-0.2, 0) is 0 Å². The Hall–Kier alpha value is -3.39. The molecule has 0 spiro atoms. The van der Waals surface area contributed by atoms with E-state index in [1.54, 1.807) is 24.3 Å². The van der Waals surface area contributed by atoms with Crippen molar-refractivity contribution in [3.8, 4) is 0 Å². The maximum Gasteiger partial charge on any atom is 0.324 e. The molecule has 0 saturated carbocycles. The van der Waals surface area contributed by atoms with Crippen LogP contribution in [0.4, 0.5) is 25.1 Å². The SMILES string of the molecule is C=CC(F)CN1CCC(c2cccc(NC(=O)Nc3ccnc4c(F)cccc34)n2)CC1. The number of hydrogen-bond donors (Lipinski definition) is 2. The Labute approximate surface area is 185 Å². The number of carbonyl (C=O) groups is 1. The Morgan fingerprint density at radius 3 is 2.75 bits per heavy atom. The number of nitrogens with zero attached hydrogens (tertiary/aromatic N) is 3. The number of fused-ring (bicyclic) bond motifs is 1. The van der Waals surface area contributed by atoms with E-state index in [1.807, 2.05) is 12.1 Å². The van der Waals surface area contributed by atoms with Crippen molar-refractivity contribution in [3.05, 3.63) is 72.8 Å². The van der Waals surface area contributed by atoms with Gasteiger partial charge in [-0.15, -0.1) is 6.58 Å². The fourth-order valence-electron chi connectivity index (χ4n) is 4.00. The Balaban J connectivity index is 1.39. The zero-order valence-corrected chi connectivity index (χ0v) is 17.6. The van der Waals surface area contributed by atoms with Gasteiger partial charge in [0.1, 0.15) is 23.3 Å². The highest BCUT2D eigenvalue weighted by molar-refractivity contribution is 6.05. The summed E-state index contributed by atoms with van der Waals surface area (Å²) in [5.41, 5.74) is 1.56. The zero-order valence-electron chi connectivity index (χ0n) is 17.6. The summed E-state index contributed by atoms with van der Waals surface area (Å²) in [6.07, 6.45) is 3.53. The summed E-state index contributed by atoms with van der Waals surface area (Å²) >= 11 is 0. The zero-order chi connectivity index (χ0) is 22.5. The molecule has 1 aliphatic heterocycles. The van der Waals surface area contributed by atoms with Crippen LogP contribution in [0.1, 0.15) is 24.5 Å². The molecule has 2 amide bonds. The van der Waals surface area contributed by atoms with E-state index in [2.05, 4.69) is 32.1 Å². The second-order valence-electron chi connectivity index (χ2n) is 7.85. The van der Waals surface area contributed by atoms with Gasteiger partial charge in [0, 0.05) is 29.7 Å². The molecule has 2 aromatic heterocycles. The number of rotatable bonds is 6. The average molecular weight is 437 g/mol. The molecule has 3 heterocycles. The number of hydrogen-bond acceptors (Lipinski definition) is 4. The molecule has 1 atom stereocenters. The number of halogens is 2. The summed E-state index contributed by atoms with van der Waals surface area (Å²) in [5.74, 6) is 0.242. The first-order valence-electron chi connectivity index (χ1n) is 10.6. The molecule has 32 heavy (non-hydrogen) atoms. The monoisotopic (exact) mass is 437 g/mol. The Bertz CT molecular complexity index is 1110. The van der Waals surface area contributed by atoms with Crippen LogP contribution >= 0.6 is 0 Å². The maximum atomic E-state index is 13.9. The molecular weight excluding hydrogens is 412 g/mol. The Morgan fingerprint density at radius 1 is 1.19 bits per heavy atom. The molecule has 8 heteroatoms. The summed E-state index contributed by atoms with van der Waals surface area (Å²) in [6.45, 7) is 5.46. The van der Waals surface area contributed by atoms with Crippen molar-refractivity contribution in [2.24, 2.45) is 0 Å². The average Bonchev–Trinajstić information content (AvgIpc) is 2.80. The summed E-state index contributed by atoms with van der Waals surface area (Å²) in [7, 11) is 0. The molecule has 1 aromatic carbocycles. The van der Waals surface area contributed by atoms with Crippen molar-refractivity contribution >= 4 is 28.4 Å². The lowest BCUT2D eigenvalue weighted by atomic mass is 9.93. The van der Waals surface area contributed by atoms with Crippen LogP contribution in [-0.4, -0.2) is 46.7 Å². The summed E-state index contributed by atoms with van der Waals surface area (Å²) in [6, 6.07) is 11.3. The Kier molecular flexibility index (Phi) is 6.70. The molecule has 166 valence electrons. The predicted molar refractivity (Wildman–Crippen MR) is 122 cm³/mol. The number of anilines is 2. The van der Waals surface area contributed by atoms with E-state index in [4.69, 9.17) is 0 Å². The fraction of sp³-hybridized carbons (Fsp3) is 0.292. The van der Waals surface area contributed by atoms with Crippen LogP contribution in [0.15, 0.2) is 61.3 Å². The van der Waals surface area contributed by atoms with E-state index < -0.39 is 18.0 Å². The predicted octanol–water partition coefficient (Wildman–Crippen LogP) is 5.12. The lowest BCUT2D eigenvalue weighted by molar-refractivity contribution is 0.174. The Morgan fingerprint density at radius 2 is 1.97 bits per heavy atom. The van der Waals surface area contributed by atoms with Crippen LogP contribution in [0.3, 0.4) is 0 Å². The van der Waals surface area contributed by atoms with Crippen molar-refractivity contribution in [2.45, 2.75) is 24.9 Å². The van der Waals surface area contributed by atoms with Gasteiger partial charge in [-0.05, 0) is 50.2 Å². The summed E-state index contributed by atoms with van der Waals surface area (Å²) < 4.78 is 27.5. The molecule has 2 N–H and O–H groups in total. The summed E-state index contributed by atoms with van der Waals surface area (Å²) in [4.78, 5) is 23.3. The van der Waals surface area contributed by atoms with Gasteiger partial charge in [0.05, 0.1) is 5.69 Å². The topological polar surface area (TPSA) is 70.2 Å². The van der Waals surface area contributed by atoms with Crippen LogP contribution in [0.2, 0.25) is 0 Å². The number of nitrogens with one attached hydrogen (secondary N) is 2. The number of para-hydroxylation sites is 1. The van der Waals surface area contributed by atoms with Crippen molar-refractivity contribution in [1.82, 2.24) is 14.9 Å². The third-order valence-corrected chi connectivity index (χ3v) is 5.68. The number of alkyl halides is 1. The summed E-state index contributed by atoms with van der Waals surface area (Å²) in [5, 5.41) is 6.00. The van der Waals surface area contributed by atoms with E-state index in [9.17, 15) is 13.6 Å². The van der Waals surface area contributed by atoms with Crippen molar-refractivity contribution in [2.75, 3.05) is 30.3 Å². The quantitative estimate of drug-likeness (QED) is 0.526.